The van der Waals surface area contributed by atoms with E-state index in [0.717, 1.165) is 24.8 Å². The highest BCUT2D eigenvalue weighted by Crippen LogP contribution is 2.44. The lowest BCUT2D eigenvalue weighted by atomic mass is 9.78. The third-order valence-electron chi connectivity index (χ3n) is 5.04. The Balaban J connectivity index is 0.00000208. The normalized spacial score (nSPS) is 19.5. The average molecular weight is 443 g/mol. The van der Waals surface area contributed by atoms with Crippen molar-refractivity contribution in [1.82, 2.24) is 10.6 Å². The van der Waals surface area contributed by atoms with Gasteiger partial charge in [-0.05, 0) is 38.7 Å². The Bertz CT molecular complexity index is 551. The Hall–Kier alpha value is -0.980. The van der Waals surface area contributed by atoms with E-state index in [1.54, 1.807) is 7.11 Å². The molecule has 2 aliphatic rings. The van der Waals surface area contributed by atoms with Gasteiger partial charge in [0.25, 0.3) is 0 Å². The van der Waals surface area contributed by atoms with Gasteiger partial charge in [-0.2, -0.15) is 0 Å². The van der Waals surface area contributed by atoms with E-state index in [0.29, 0.717) is 6.04 Å². The number of aliphatic imine (C=N–C) groups is 1. The Morgan fingerprint density at radius 1 is 1.25 bits per heavy atom. The molecule has 0 unspecified atom stereocenters. The van der Waals surface area contributed by atoms with Crippen LogP contribution >= 0.6 is 24.0 Å². The minimum atomic E-state index is 0. The average Bonchev–Trinajstić information content (AvgIpc) is 3.27. The van der Waals surface area contributed by atoms with Crippen LogP contribution in [0.5, 0.6) is 5.75 Å². The van der Waals surface area contributed by atoms with Crippen LogP contribution in [-0.4, -0.2) is 32.2 Å². The van der Waals surface area contributed by atoms with Crippen LogP contribution in [-0.2, 0) is 5.41 Å². The molecule has 1 aromatic carbocycles. The number of benzene rings is 1. The lowest BCUT2D eigenvalue weighted by molar-refractivity contribution is 0.378. The summed E-state index contributed by atoms with van der Waals surface area (Å²) < 4.78 is 5.63. The van der Waals surface area contributed by atoms with Crippen molar-refractivity contribution in [2.75, 3.05) is 20.2 Å². The van der Waals surface area contributed by atoms with E-state index in [4.69, 9.17) is 9.73 Å². The number of rotatable bonds is 6. The summed E-state index contributed by atoms with van der Waals surface area (Å²) in [6.07, 6.45) is 7.48. The summed E-state index contributed by atoms with van der Waals surface area (Å²) in [6, 6.07) is 9.09. The number of nitrogens with zero attached hydrogens (tertiary/aromatic N) is 1. The third kappa shape index (κ3) is 4.55. The van der Waals surface area contributed by atoms with Crippen LogP contribution in [0.4, 0.5) is 0 Å². The molecule has 0 spiro atoms. The number of para-hydroxylation sites is 1. The molecule has 0 amide bonds. The molecule has 4 nitrogen and oxygen atoms in total. The van der Waals surface area contributed by atoms with Gasteiger partial charge in [0.2, 0.25) is 0 Å². The molecule has 2 N–H and O–H groups in total. The fourth-order valence-corrected chi connectivity index (χ4v) is 3.62. The zero-order valence-electron chi connectivity index (χ0n) is 14.8. The largest absolute Gasteiger partial charge is 0.496 e. The van der Waals surface area contributed by atoms with E-state index in [-0.39, 0.29) is 29.4 Å². The van der Waals surface area contributed by atoms with Crippen LogP contribution in [0.2, 0.25) is 0 Å². The molecular weight excluding hydrogens is 413 g/mol. The second-order valence-corrected chi connectivity index (χ2v) is 6.80. The zero-order chi connectivity index (χ0) is 16.1. The van der Waals surface area contributed by atoms with Gasteiger partial charge in [0, 0.05) is 23.6 Å². The molecule has 24 heavy (non-hydrogen) atoms. The zero-order valence-corrected chi connectivity index (χ0v) is 17.1. The first kappa shape index (κ1) is 19.3. The molecule has 3 rings (SSSR count). The number of methoxy groups -OCH3 is 1. The SMILES string of the molecule is CCNC(=NCC1(c2ccccc2OC)CCCC1)NC1CC1.I. The van der Waals surface area contributed by atoms with Crippen molar-refractivity contribution in [3.63, 3.8) is 0 Å². The molecule has 2 saturated carbocycles. The number of hydrogen-bond donors (Lipinski definition) is 2. The first-order valence-corrected chi connectivity index (χ1v) is 8.96. The fourth-order valence-electron chi connectivity index (χ4n) is 3.62. The second kappa shape index (κ2) is 8.92. The second-order valence-electron chi connectivity index (χ2n) is 6.80. The van der Waals surface area contributed by atoms with Gasteiger partial charge < -0.3 is 15.4 Å². The molecule has 0 aromatic heterocycles. The minimum Gasteiger partial charge on any atom is -0.496 e. The highest BCUT2D eigenvalue weighted by molar-refractivity contribution is 14.0. The molecule has 0 bridgehead atoms. The van der Waals surface area contributed by atoms with Crippen LogP contribution in [0.1, 0.15) is 51.0 Å². The number of nitrogens with one attached hydrogen (secondary N) is 2. The van der Waals surface area contributed by atoms with E-state index in [2.05, 4.69) is 35.8 Å². The van der Waals surface area contributed by atoms with E-state index in [1.165, 1.54) is 44.1 Å². The number of halogens is 1. The molecule has 2 aliphatic carbocycles. The van der Waals surface area contributed by atoms with Crippen molar-refractivity contribution in [2.45, 2.75) is 56.9 Å². The predicted octanol–water partition coefficient (Wildman–Crippen LogP) is 3.84. The Morgan fingerprint density at radius 3 is 2.58 bits per heavy atom. The molecule has 0 aliphatic heterocycles. The third-order valence-corrected chi connectivity index (χ3v) is 5.04. The lowest BCUT2D eigenvalue weighted by Gasteiger charge is -2.30. The summed E-state index contributed by atoms with van der Waals surface area (Å²) in [7, 11) is 1.77. The van der Waals surface area contributed by atoms with Crippen LogP contribution in [0.15, 0.2) is 29.3 Å². The Kier molecular flexibility index (Phi) is 7.19. The maximum absolute atomic E-state index is 5.63. The molecule has 0 heterocycles. The molecule has 134 valence electrons. The standard InChI is InChI=1S/C19H29N3O.HI/c1-3-20-18(22-15-10-11-15)21-14-19(12-6-7-13-19)16-8-4-5-9-17(16)23-2;/h4-5,8-9,15H,3,6-7,10-14H2,1-2H3,(H2,20,21,22);1H. The Morgan fingerprint density at radius 2 is 1.96 bits per heavy atom. The van der Waals surface area contributed by atoms with Crippen LogP contribution in [0.25, 0.3) is 0 Å². The number of guanidine groups is 1. The van der Waals surface area contributed by atoms with Crippen molar-refractivity contribution in [3.05, 3.63) is 29.8 Å². The lowest BCUT2D eigenvalue weighted by Crippen LogP contribution is -2.40. The topological polar surface area (TPSA) is 45.7 Å². The predicted molar refractivity (Wildman–Crippen MR) is 111 cm³/mol. The van der Waals surface area contributed by atoms with Gasteiger partial charge in [-0.15, -0.1) is 24.0 Å². The van der Waals surface area contributed by atoms with Crippen LogP contribution < -0.4 is 15.4 Å². The van der Waals surface area contributed by atoms with E-state index >= 15 is 0 Å². The summed E-state index contributed by atoms with van der Waals surface area (Å²) in [5, 5.41) is 6.90. The highest BCUT2D eigenvalue weighted by Gasteiger charge is 2.37. The number of hydrogen-bond acceptors (Lipinski definition) is 2. The van der Waals surface area contributed by atoms with Gasteiger partial charge >= 0.3 is 0 Å². The summed E-state index contributed by atoms with van der Waals surface area (Å²) in [5.41, 5.74) is 1.45. The van der Waals surface area contributed by atoms with E-state index in [1.807, 2.05) is 6.07 Å². The van der Waals surface area contributed by atoms with Gasteiger partial charge in [-0.1, -0.05) is 31.0 Å². The van der Waals surface area contributed by atoms with Gasteiger partial charge in [0.05, 0.1) is 13.7 Å². The maximum Gasteiger partial charge on any atom is 0.191 e. The van der Waals surface area contributed by atoms with Crippen molar-refractivity contribution < 1.29 is 4.74 Å². The highest BCUT2D eigenvalue weighted by atomic mass is 127. The molecular formula is C19H30IN3O. The smallest absolute Gasteiger partial charge is 0.191 e. The molecule has 1 aromatic rings. The molecule has 5 heteroatoms. The maximum atomic E-state index is 5.63. The van der Waals surface area contributed by atoms with E-state index in [9.17, 15) is 0 Å². The monoisotopic (exact) mass is 443 g/mol. The first-order chi connectivity index (χ1) is 11.3. The molecule has 0 radical (unpaired) electrons. The van der Waals surface area contributed by atoms with Crippen LogP contribution in [0, 0.1) is 0 Å². The molecule has 0 saturated heterocycles. The van der Waals surface area contributed by atoms with Gasteiger partial charge in [-0.25, -0.2) is 0 Å². The number of ether oxygens (including phenoxy) is 1. The summed E-state index contributed by atoms with van der Waals surface area (Å²) >= 11 is 0. The molecule has 2 fully saturated rings. The van der Waals surface area contributed by atoms with E-state index < -0.39 is 0 Å². The van der Waals surface area contributed by atoms with Gasteiger partial charge in [0.1, 0.15) is 5.75 Å². The minimum absolute atomic E-state index is 0. The van der Waals surface area contributed by atoms with Crippen molar-refractivity contribution in [3.8, 4) is 5.75 Å². The summed E-state index contributed by atoms with van der Waals surface area (Å²) in [4.78, 5) is 4.94. The fraction of sp³-hybridized carbons (Fsp3) is 0.632. The van der Waals surface area contributed by atoms with Crippen molar-refractivity contribution >= 4 is 29.9 Å². The van der Waals surface area contributed by atoms with Gasteiger partial charge in [0.15, 0.2) is 5.96 Å². The first-order valence-electron chi connectivity index (χ1n) is 8.96. The summed E-state index contributed by atoms with van der Waals surface area (Å²) in [6.45, 7) is 3.85. The molecule has 0 atom stereocenters. The van der Waals surface area contributed by atoms with Gasteiger partial charge in [-0.3, -0.25) is 4.99 Å². The quantitative estimate of drug-likeness (QED) is 0.399. The van der Waals surface area contributed by atoms with Crippen molar-refractivity contribution in [1.29, 1.82) is 0 Å². The van der Waals surface area contributed by atoms with Crippen molar-refractivity contribution in [2.24, 2.45) is 4.99 Å². The Labute approximate surface area is 162 Å². The van der Waals surface area contributed by atoms with Crippen LogP contribution in [0.3, 0.4) is 0 Å². The summed E-state index contributed by atoms with van der Waals surface area (Å²) in [5.74, 6) is 1.97.